The first-order valence-electron chi connectivity index (χ1n) is 6.60. The number of anilines is 1. The number of ether oxygens (including phenoxy) is 1. The Morgan fingerprint density at radius 3 is 2.94 bits per heavy atom. The Morgan fingerprint density at radius 1 is 1.33 bits per heavy atom. The van der Waals surface area contributed by atoms with Gasteiger partial charge >= 0.3 is 0 Å². The van der Waals surface area contributed by atoms with Gasteiger partial charge in [0.25, 0.3) is 5.91 Å². The zero-order chi connectivity index (χ0) is 12.5. The number of hydrogen-bond donors (Lipinski definition) is 1. The maximum Gasteiger partial charge on any atom is 0.270 e. The summed E-state index contributed by atoms with van der Waals surface area (Å²) in [6.07, 6.45) is 5.10. The predicted molar refractivity (Wildman–Crippen MR) is 68.5 cm³/mol. The molecule has 5 nitrogen and oxygen atoms in total. The number of nitrogens with two attached hydrogens (primary N) is 1. The summed E-state index contributed by atoms with van der Waals surface area (Å²) in [5.41, 5.74) is 7.24. The van der Waals surface area contributed by atoms with E-state index in [-0.39, 0.29) is 5.91 Å². The molecule has 3 rings (SSSR count). The average Bonchev–Trinajstić information content (AvgIpc) is 3.16. The van der Waals surface area contributed by atoms with E-state index in [1.807, 2.05) is 15.7 Å². The summed E-state index contributed by atoms with van der Waals surface area (Å²) >= 11 is 0. The third kappa shape index (κ3) is 2.22. The summed E-state index contributed by atoms with van der Waals surface area (Å²) in [4.78, 5) is 14.4. The lowest BCUT2D eigenvalue weighted by Crippen LogP contribution is -2.34. The van der Waals surface area contributed by atoms with Crippen molar-refractivity contribution in [3.63, 3.8) is 0 Å². The van der Waals surface area contributed by atoms with Gasteiger partial charge in [0.15, 0.2) is 0 Å². The number of nitrogens with zero attached hydrogens (tertiary/aromatic N) is 2. The van der Waals surface area contributed by atoms with E-state index < -0.39 is 0 Å². The van der Waals surface area contributed by atoms with Crippen LogP contribution < -0.4 is 5.73 Å². The molecule has 0 radical (unpaired) electrons. The zero-order valence-corrected chi connectivity index (χ0v) is 10.5. The first-order valence-corrected chi connectivity index (χ1v) is 6.60. The van der Waals surface area contributed by atoms with E-state index in [1.54, 1.807) is 6.07 Å². The lowest BCUT2D eigenvalue weighted by molar-refractivity contribution is 0.0730. The zero-order valence-electron chi connectivity index (χ0n) is 10.5. The van der Waals surface area contributed by atoms with E-state index in [0.29, 0.717) is 24.9 Å². The normalized spacial score (nSPS) is 20.8. The molecule has 0 bridgehead atoms. The van der Waals surface area contributed by atoms with Crippen LogP contribution in [0.3, 0.4) is 0 Å². The molecule has 0 unspecified atom stereocenters. The van der Waals surface area contributed by atoms with E-state index in [2.05, 4.69) is 0 Å². The lowest BCUT2D eigenvalue weighted by atomic mass is 10.3. The quantitative estimate of drug-likeness (QED) is 0.858. The summed E-state index contributed by atoms with van der Waals surface area (Å²) in [5.74, 6) is 0.0871. The number of carbonyl (C=O) groups is 1. The highest BCUT2D eigenvalue weighted by Gasteiger charge is 2.29. The SMILES string of the molecule is Nc1cc(C(=O)N2CCCOCC2)n(C2CC2)c1. The molecule has 1 aromatic heterocycles. The molecular formula is C13H19N3O2. The Hall–Kier alpha value is -1.49. The van der Waals surface area contributed by atoms with Crippen LogP contribution in [-0.4, -0.2) is 41.7 Å². The lowest BCUT2D eigenvalue weighted by Gasteiger charge is -2.20. The second-order valence-corrected chi connectivity index (χ2v) is 5.06. The van der Waals surface area contributed by atoms with Gasteiger partial charge in [-0.1, -0.05) is 0 Å². The van der Waals surface area contributed by atoms with Gasteiger partial charge in [-0.25, -0.2) is 0 Å². The van der Waals surface area contributed by atoms with Crippen molar-refractivity contribution < 1.29 is 9.53 Å². The number of hydrogen-bond acceptors (Lipinski definition) is 3. The van der Waals surface area contributed by atoms with Crippen LogP contribution in [0.15, 0.2) is 12.3 Å². The van der Waals surface area contributed by atoms with Crippen molar-refractivity contribution in [2.24, 2.45) is 0 Å². The van der Waals surface area contributed by atoms with Gasteiger partial charge < -0.3 is 19.9 Å². The van der Waals surface area contributed by atoms with Crippen molar-refractivity contribution in [3.05, 3.63) is 18.0 Å². The fourth-order valence-electron chi connectivity index (χ4n) is 2.44. The van der Waals surface area contributed by atoms with Crippen LogP contribution in [-0.2, 0) is 4.74 Å². The number of carbonyl (C=O) groups excluding carboxylic acids is 1. The molecule has 2 aliphatic rings. The fraction of sp³-hybridized carbons (Fsp3) is 0.615. The van der Waals surface area contributed by atoms with Crippen LogP contribution in [0.1, 0.15) is 35.8 Å². The second kappa shape index (κ2) is 4.65. The van der Waals surface area contributed by atoms with Gasteiger partial charge in [0, 0.05) is 31.9 Å². The van der Waals surface area contributed by atoms with Gasteiger partial charge in [0.2, 0.25) is 0 Å². The molecule has 98 valence electrons. The van der Waals surface area contributed by atoms with Gasteiger partial charge in [-0.05, 0) is 25.3 Å². The minimum absolute atomic E-state index is 0.0871. The third-order valence-electron chi connectivity index (χ3n) is 3.54. The summed E-state index contributed by atoms with van der Waals surface area (Å²) < 4.78 is 7.43. The van der Waals surface area contributed by atoms with E-state index in [9.17, 15) is 4.79 Å². The number of aromatic nitrogens is 1. The summed E-state index contributed by atoms with van der Waals surface area (Å²) in [5, 5.41) is 0. The molecular weight excluding hydrogens is 230 g/mol. The first-order chi connectivity index (χ1) is 8.75. The van der Waals surface area contributed by atoms with Crippen molar-refractivity contribution in [3.8, 4) is 0 Å². The summed E-state index contributed by atoms with van der Waals surface area (Å²) in [7, 11) is 0. The first kappa shape index (κ1) is 11.6. The smallest absolute Gasteiger partial charge is 0.270 e. The van der Waals surface area contributed by atoms with Gasteiger partial charge in [0.05, 0.1) is 12.3 Å². The van der Waals surface area contributed by atoms with Crippen molar-refractivity contribution in [2.45, 2.75) is 25.3 Å². The number of amides is 1. The highest BCUT2D eigenvalue weighted by atomic mass is 16.5. The molecule has 1 aliphatic heterocycles. The van der Waals surface area contributed by atoms with Gasteiger partial charge in [-0.2, -0.15) is 0 Å². The van der Waals surface area contributed by atoms with E-state index in [1.165, 1.54) is 0 Å². The molecule has 5 heteroatoms. The minimum atomic E-state index is 0.0871. The molecule has 1 amide bonds. The van der Waals surface area contributed by atoms with Crippen LogP contribution in [0.4, 0.5) is 5.69 Å². The third-order valence-corrected chi connectivity index (χ3v) is 3.54. The summed E-state index contributed by atoms with van der Waals surface area (Å²) in [6, 6.07) is 2.27. The van der Waals surface area contributed by atoms with E-state index >= 15 is 0 Å². The van der Waals surface area contributed by atoms with Crippen molar-refractivity contribution >= 4 is 11.6 Å². The van der Waals surface area contributed by atoms with Gasteiger partial charge in [0.1, 0.15) is 5.69 Å². The predicted octanol–water partition coefficient (Wildman–Crippen LogP) is 1.27. The maximum absolute atomic E-state index is 12.5. The van der Waals surface area contributed by atoms with Crippen LogP contribution >= 0.6 is 0 Å². The molecule has 1 aromatic rings. The van der Waals surface area contributed by atoms with Gasteiger partial charge in [-0.3, -0.25) is 4.79 Å². The molecule has 2 N–H and O–H groups in total. The monoisotopic (exact) mass is 249 g/mol. The number of rotatable bonds is 2. The Kier molecular flexibility index (Phi) is 2.99. The Morgan fingerprint density at radius 2 is 2.17 bits per heavy atom. The van der Waals surface area contributed by atoms with Crippen LogP contribution in [0.25, 0.3) is 0 Å². The molecule has 1 saturated carbocycles. The standard InChI is InChI=1S/C13H19N3O2/c14-10-8-12(16(9-10)11-2-3-11)13(17)15-4-1-6-18-7-5-15/h8-9,11H,1-7,14H2. The van der Waals surface area contributed by atoms with Crippen LogP contribution in [0.2, 0.25) is 0 Å². The Balaban J connectivity index is 1.82. The molecule has 1 saturated heterocycles. The molecule has 1 aliphatic carbocycles. The largest absolute Gasteiger partial charge is 0.397 e. The topological polar surface area (TPSA) is 60.5 Å². The molecule has 0 spiro atoms. The Bertz CT molecular complexity index is 443. The highest BCUT2D eigenvalue weighted by molar-refractivity contribution is 5.94. The van der Waals surface area contributed by atoms with Crippen molar-refractivity contribution in [1.29, 1.82) is 0 Å². The highest BCUT2D eigenvalue weighted by Crippen LogP contribution is 2.37. The minimum Gasteiger partial charge on any atom is -0.397 e. The number of nitrogen functional groups attached to an aromatic ring is 1. The van der Waals surface area contributed by atoms with Crippen LogP contribution in [0, 0.1) is 0 Å². The Labute approximate surface area is 106 Å². The second-order valence-electron chi connectivity index (χ2n) is 5.06. The van der Waals surface area contributed by atoms with Gasteiger partial charge in [-0.15, -0.1) is 0 Å². The molecule has 0 atom stereocenters. The fourth-order valence-corrected chi connectivity index (χ4v) is 2.44. The maximum atomic E-state index is 12.5. The molecule has 2 fully saturated rings. The van der Waals surface area contributed by atoms with Crippen LogP contribution in [0.5, 0.6) is 0 Å². The van der Waals surface area contributed by atoms with E-state index in [4.69, 9.17) is 10.5 Å². The molecule has 2 heterocycles. The average molecular weight is 249 g/mol. The summed E-state index contributed by atoms with van der Waals surface area (Å²) in [6.45, 7) is 2.82. The van der Waals surface area contributed by atoms with Crippen molar-refractivity contribution in [1.82, 2.24) is 9.47 Å². The molecule has 18 heavy (non-hydrogen) atoms. The van der Waals surface area contributed by atoms with Crippen molar-refractivity contribution in [2.75, 3.05) is 32.0 Å². The van der Waals surface area contributed by atoms with E-state index in [0.717, 1.165) is 38.1 Å². The molecule has 0 aromatic carbocycles.